The fourth-order valence-corrected chi connectivity index (χ4v) is 2.59. The minimum absolute atomic E-state index is 0.153. The zero-order chi connectivity index (χ0) is 16.9. The van der Waals surface area contributed by atoms with E-state index in [2.05, 4.69) is 10.3 Å². The van der Waals surface area contributed by atoms with E-state index in [0.717, 1.165) is 22.6 Å². The summed E-state index contributed by atoms with van der Waals surface area (Å²) in [6.45, 7) is 2.32. The Kier molecular flexibility index (Phi) is 4.96. The van der Waals surface area contributed by atoms with Gasteiger partial charge in [-0.2, -0.15) is 0 Å². The summed E-state index contributed by atoms with van der Waals surface area (Å²) in [6, 6.07) is 10.9. The third-order valence-electron chi connectivity index (χ3n) is 3.65. The first-order valence-electron chi connectivity index (χ1n) is 7.64. The zero-order valence-electron chi connectivity index (χ0n) is 13.2. The van der Waals surface area contributed by atoms with Gasteiger partial charge in [0.1, 0.15) is 12.4 Å². The smallest absolute Gasteiger partial charge is 0.244 e. The number of nitrogens with zero attached hydrogens (tertiary/aromatic N) is 1. The molecule has 0 aliphatic carbocycles. The highest BCUT2D eigenvalue weighted by Crippen LogP contribution is 2.29. The second kappa shape index (κ2) is 7.32. The lowest BCUT2D eigenvalue weighted by atomic mass is 10.1. The summed E-state index contributed by atoms with van der Waals surface area (Å²) >= 11 is 5.99. The lowest BCUT2D eigenvalue weighted by Crippen LogP contribution is -2.25. The molecule has 0 saturated carbocycles. The topological polar surface area (TPSA) is 51.2 Å². The molecule has 122 valence electrons. The molecule has 0 radical (unpaired) electrons. The summed E-state index contributed by atoms with van der Waals surface area (Å²) in [5, 5.41) is 3.54. The van der Waals surface area contributed by atoms with Gasteiger partial charge in [0.25, 0.3) is 0 Å². The quantitative estimate of drug-likeness (QED) is 0.857. The Morgan fingerprint density at radius 2 is 2.25 bits per heavy atom. The number of fused-ring (bicyclic) bond motifs is 1. The van der Waals surface area contributed by atoms with E-state index in [1.54, 1.807) is 18.3 Å². The fourth-order valence-electron chi connectivity index (χ4n) is 2.41. The summed E-state index contributed by atoms with van der Waals surface area (Å²) in [5.74, 6) is 0.621. The maximum atomic E-state index is 12.1. The van der Waals surface area contributed by atoms with Crippen LogP contribution in [-0.2, 0) is 4.79 Å². The number of hydrogen-bond donors (Lipinski definition) is 1. The molecule has 1 atom stereocenters. The monoisotopic (exact) mass is 340 g/mol. The van der Waals surface area contributed by atoms with Crippen molar-refractivity contribution in [3.05, 3.63) is 76.6 Å². The van der Waals surface area contributed by atoms with Gasteiger partial charge in [0.2, 0.25) is 5.91 Å². The van der Waals surface area contributed by atoms with E-state index in [-0.39, 0.29) is 11.9 Å². The van der Waals surface area contributed by atoms with Crippen LogP contribution in [0.4, 0.5) is 0 Å². The molecule has 0 spiro atoms. The zero-order valence-corrected chi connectivity index (χ0v) is 14.0. The van der Waals surface area contributed by atoms with Crippen LogP contribution in [0, 0.1) is 0 Å². The van der Waals surface area contributed by atoms with Crippen LogP contribution in [0.1, 0.15) is 24.2 Å². The SMILES string of the molecule is CC(NC(=O)/C=C/C1=Cc2cc(Cl)ccc2OC1)c1ccccn1. The van der Waals surface area contributed by atoms with Gasteiger partial charge in [-0.1, -0.05) is 23.7 Å². The number of pyridine rings is 1. The Morgan fingerprint density at radius 3 is 3.04 bits per heavy atom. The van der Waals surface area contributed by atoms with Crippen molar-refractivity contribution in [3.8, 4) is 5.75 Å². The summed E-state index contributed by atoms with van der Waals surface area (Å²) in [5.41, 5.74) is 2.64. The maximum absolute atomic E-state index is 12.1. The Morgan fingerprint density at radius 1 is 1.38 bits per heavy atom. The third-order valence-corrected chi connectivity index (χ3v) is 3.88. The predicted molar refractivity (Wildman–Crippen MR) is 94.9 cm³/mol. The van der Waals surface area contributed by atoms with Crippen molar-refractivity contribution in [2.24, 2.45) is 0 Å². The molecular formula is C19H17ClN2O2. The van der Waals surface area contributed by atoms with Crippen LogP contribution in [0.25, 0.3) is 6.08 Å². The molecule has 0 bridgehead atoms. The Hall–Kier alpha value is -2.59. The van der Waals surface area contributed by atoms with Crippen LogP contribution in [0.3, 0.4) is 0 Å². The molecule has 0 saturated heterocycles. The number of halogens is 1. The molecule has 1 aromatic heterocycles. The van der Waals surface area contributed by atoms with Gasteiger partial charge in [-0.15, -0.1) is 0 Å². The first-order chi connectivity index (χ1) is 11.6. The number of carbonyl (C=O) groups excluding carboxylic acids is 1. The second-order valence-corrected chi connectivity index (χ2v) is 5.94. The van der Waals surface area contributed by atoms with E-state index < -0.39 is 0 Å². The molecule has 1 aliphatic rings. The van der Waals surface area contributed by atoms with Crippen LogP contribution >= 0.6 is 11.6 Å². The fraction of sp³-hybridized carbons (Fsp3) is 0.158. The van der Waals surface area contributed by atoms with Gasteiger partial charge in [0.05, 0.1) is 11.7 Å². The van der Waals surface area contributed by atoms with E-state index in [1.165, 1.54) is 6.08 Å². The minimum Gasteiger partial charge on any atom is -0.488 e. The molecule has 2 heterocycles. The molecule has 3 rings (SSSR count). The molecule has 2 aromatic rings. The van der Waals surface area contributed by atoms with E-state index in [4.69, 9.17) is 16.3 Å². The molecule has 1 amide bonds. The van der Waals surface area contributed by atoms with Gasteiger partial charge in [-0.3, -0.25) is 9.78 Å². The van der Waals surface area contributed by atoms with E-state index in [0.29, 0.717) is 11.6 Å². The van der Waals surface area contributed by atoms with E-state index >= 15 is 0 Å². The molecule has 0 fully saturated rings. The summed E-state index contributed by atoms with van der Waals surface area (Å²) in [7, 11) is 0. The Bertz CT molecular complexity index is 800. The van der Waals surface area contributed by atoms with Crippen molar-refractivity contribution in [2.75, 3.05) is 6.61 Å². The van der Waals surface area contributed by atoms with Gasteiger partial charge in [-0.25, -0.2) is 0 Å². The van der Waals surface area contributed by atoms with Gasteiger partial charge >= 0.3 is 0 Å². The number of benzene rings is 1. The van der Waals surface area contributed by atoms with Crippen molar-refractivity contribution in [2.45, 2.75) is 13.0 Å². The van der Waals surface area contributed by atoms with Crippen molar-refractivity contribution in [1.82, 2.24) is 10.3 Å². The van der Waals surface area contributed by atoms with Gasteiger partial charge in [0.15, 0.2) is 0 Å². The summed E-state index contributed by atoms with van der Waals surface area (Å²) in [4.78, 5) is 16.3. The first-order valence-corrected chi connectivity index (χ1v) is 8.02. The number of ether oxygens (including phenoxy) is 1. The number of nitrogens with one attached hydrogen (secondary N) is 1. The highest BCUT2D eigenvalue weighted by molar-refractivity contribution is 6.30. The number of carbonyl (C=O) groups is 1. The first kappa shape index (κ1) is 16.3. The molecule has 4 nitrogen and oxygen atoms in total. The molecular weight excluding hydrogens is 324 g/mol. The number of rotatable bonds is 4. The number of amides is 1. The standard InChI is InChI=1S/C19H17ClN2O2/c1-13(17-4-2-3-9-21-17)22-19(23)8-5-14-10-15-11-16(20)6-7-18(15)24-12-14/h2-11,13H,12H2,1H3,(H,22,23)/b8-5+. The summed E-state index contributed by atoms with van der Waals surface area (Å²) < 4.78 is 5.65. The van der Waals surface area contributed by atoms with Crippen LogP contribution in [0.15, 0.2) is 60.3 Å². The summed E-state index contributed by atoms with van der Waals surface area (Å²) in [6.07, 6.45) is 6.94. The molecule has 5 heteroatoms. The average Bonchev–Trinajstić information content (AvgIpc) is 2.60. The number of hydrogen-bond acceptors (Lipinski definition) is 3. The van der Waals surface area contributed by atoms with Crippen molar-refractivity contribution in [3.63, 3.8) is 0 Å². The lowest BCUT2D eigenvalue weighted by Gasteiger charge is -2.16. The van der Waals surface area contributed by atoms with Crippen molar-refractivity contribution < 1.29 is 9.53 Å². The minimum atomic E-state index is -0.175. The van der Waals surface area contributed by atoms with Gasteiger partial charge < -0.3 is 10.1 Å². The molecule has 1 aliphatic heterocycles. The molecule has 24 heavy (non-hydrogen) atoms. The maximum Gasteiger partial charge on any atom is 0.244 e. The average molecular weight is 341 g/mol. The van der Waals surface area contributed by atoms with Crippen LogP contribution in [0.2, 0.25) is 5.02 Å². The predicted octanol–water partition coefficient (Wildman–Crippen LogP) is 3.94. The highest BCUT2D eigenvalue weighted by atomic mass is 35.5. The largest absolute Gasteiger partial charge is 0.488 e. The van der Waals surface area contributed by atoms with Crippen LogP contribution < -0.4 is 10.1 Å². The molecule has 1 N–H and O–H groups in total. The second-order valence-electron chi connectivity index (χ2n) is 5.51. The molecule has 1 unspecified atom stereocenters. The van der Waals surface area contributed by atoms with Gasteiger partial charge in [-0.05, 0) is 48.9 Å². The van der Waals surface area contributed by atoms with E-state index in [9.17, 15) is 4.79 Å². The van der Waals surface area contributed by atoms with Crippen LogP contribution in [-0.4, -0.2) is 17.5 Å². The normalized spacial score (nSPS) is 14.5. The van der Waals surface area contributed by atoms with Crippen molar-refractivity contribution in [1.29, 1.82) is 0 Å². The number of aromatic nitrogens is 1. The highest BCUT2D eigenvalue weighted by Gasteiger charge is 2.11. The van der Waals surface area contributed by atoms with Gasteiger partial charge in [0, 0.05) is 22.9 Å². The van der Waals surface area contributed by atoms with E-state index in [1.807, 2.05) is 43.3 Å². The van der Waals surface area contributed by atoms with Crippen LogP contribution in [0.5, 0.6) is 5.75 Å². The van der Waals surface area contributed by atoms with Crippen molar-refractivity contribution >= 4 is 23.6 Å². The third kappa shape index (κ3) is 4.03. The Balaban J connectivity index is 1.64. The lowest BCUT2D eigenvalue weighted by molar-refractivity contribution is -0.117. The molecule has 1 aromatic carbocycles. The Labute approximate surface area is 145 Å².